The van der Waals surface area contributed by atoms with Crippen LogP contribution < -0.4 is 0 Å². The molecule has 0 atom stereocenters. The van der Waals surface area contributed by atoms with Crippen LogP contribution in [-0.2, 0) is 19.6 Å². The quantitative estimate of drug-likeness (QED) is 0.782. The molecule has 2 aliphatic rings. The van der Waals surface area contributed by atoms with Crippen LogP contribution in [0.4, 0.5) is 4.79 Å². The number of cyclic esters (lactones) is 1. The normalized spacial score (nSPS) is 21.0. The minimum atomic E-state index is -3.70. The minimum Gasteiger partial charge on any atom is -0.439 e. The molecule has 2 amide bonds. The summed E-state index contributed by atoms with van der Waals surface area (Å²) in [5, 5.41) is 3.68. The maximum atomic E-state index is 12.7. The molecule has 0 saturated carbocycles. The van der Waals surface area contributed by atoms with E-state index in [0.717, 1.165) is 4.90 Å². The molecule has 0 unspecified atom stereocenters. The van der Waals surface area contributed by atoms with E-state index in [1.165, 1.54) is 4.31 Å². The van der Waals surface area contributed by atoms with Gasteiger partial charge in [-0.25, -0.2) is 18.1 Å². The Morgan fingerprint density at radius 3 is 2.30 bits per heavy atom. The highest BCUT2D eigenvalue weighted by atomic mass is 32.2. The third kappa shape index (κ3) is 2.61. The van der Waals surface area contributed by atoms with Crippen molar-refractivity contribution in [1.29, 1.82) is 0 Å². The van der Waals surface area contributed by atoms with E-state index in [1.54, 1.807) is 13.8 Å². The first-order valence-electron chi connectivity index (χ1n) is 7.24. The Morgan fingerprint density at radius 2 is 1.83 bits per heavy atom. The monoisotopic (exact) mass is 343 g/mol. The summed E-state index contributed by atoms with van der Waals surface area (Å²) in [5.41, 5.74) is 0.322. The molecule has 0 aliphatic carbocycles. The molecule has 23 heavy (non-hydrogen) atoms. The van der Waals surface area contributed by atoms with E-state index < -0.39 is 16.1 Å². The van der Waals surface area contributed by atoms with Crippen LogP contribution in [-0.4, -0.2) is 60.5 Å². The van der Waals surface area contributed by atoms with Crippen molar-refractivity contribution in [3.05, 3.63) is 11.5 Å². The molecule has 10 heteroatoms. The van der Waals surface area contributed by atoms with Gasteiger partial charge < -0.3 is 9.26 Å². The van der Waals surface area contributed by atoms with Crippen molar-refractivity contribution in [1.82, 2.24) is 14.4 Å². The van der Waals surface area contributed by atoms with Gasteiger partial charge in [-0.05, 0) is 26.7 Å². The molecular weight excluding hydrogens is 326 g/mol. The summed E-state index contributed by atoms with van der Waals surface area (Å²) in [4.78, 5) is 24.4. The Balaban J connectivity index is 1.74. The van der Waals surface area contributed by atoms with Gasteiger partial charge in [0.15, 0.2) is 12.4 Å². The van der Waals surface area contributed by atoms with Crippen LogP contribution in [0.5, 0.6) is 0 Å². The average molecular weight is 343 g/mol. The number of aryl methyl sites for hydroxylation is 2. The molecule has 0 radical (unpaired) electrons. The highest BCUT2D eigenvalue weighted by molar-refractivity contribution is 7.89. The summed E-state index contributed by atoms with van der Waals surface area (Å²) < 4.78 is 36.4. The molecule has 0 N–H and O–H groups in total. The van der Waals surface area contributed by atoms with Crippen molar-refractivity contribution >= 4 is 22.0 Å². The van der Waals surface area contributed by atoms with E-state index in [4.69, 9.17) is 9.26 Å². The molecule has 0 spiro atoms. The molecule has 0 aromatic carbocycles. The first-order chi connectivity index (χ1) is 10.8. The van der Waals surface area contributed by atoms with Crippen molar-refractivity contribution in [3.8, 4) is 0 Å². The Kier molecular flexibility index (Phi) is 3.88. The molecular formula is C13H17N3O6S. The molecule has 3 heterocycles. The van der Waals surface area contributed by atoms with Gasteiger partial charge in [0.1, 0.15) is 10.6 Å². The SMILES string of the molecule is Cc1noc(C)c1S(=O)(=O)N1CCC(N2C(=O)COC2=O)CC1. The zero-order valence-electron chi connectivity index (χ0n) is 12.8. The lowest BCUT2D eigenvalue weighted by Gasteiger charge is -2.33. The van der Waals surface area contributed by atoms with Crippen LogP contribution in [0, 0.1) is 13.8 Å². The summed E-state index contributed by atoms with van der Waals surface area (Å²) in [6, 6.07) is -0.325. The van der Waals surface area contributed by atoms with Crippen LogP contribution in [0.3, 0.4) is 0 Å². The van der Waals surface area contributed by atoms with Crippen LogP contribution >= 0.6 is 0 Å². The number of imide groups is 1. The summed E-state index contributed by atoms with van der Waals surface area (Å²) in [6.45, 7) is 3.33. The smallest absolute Gasteiger partial charge is 0.417 e. The highest BCUT2D eigenvalue weighted by Crippen LogP contribution is 2.28. The van der Waals surface area contributed by atoms with Crippen molar-refractivity contribution in [2.45, 2.75) is 37.6 Å². The molecule has 2 aliphatic heterocycles. The van der Waals surface area contributed by atoms with Crippen LogP contribution in [0.1, 0.15) is 24.3 Å². The van der Waals surface area contributed by atoms with Gasteiger partial charge in [-0.15, -0.1) is 0 Å². The van der Waals surface area contributed by atoms with Gasteiger partial charge in [0.05, 0.1) is 0 Å². The van der Waals surface area contributed by atoms with Gasteiger partial charge in [0.2, 0.25) is 10.0 Å². The third-order valence-corrected chi connectivity index (χ3v) is 6.28. The zero-order chi connectivity index (χ0) is 16.8. The Morgan fingerprint density at radius 1 is 1.17 bits per heavy atom. The van der Waals surface area contributed by atoms with Crippen LogP contribution in [0.15, 0.2) is 9.42 Å². The van der Waals surface area contributed by atoms with Gasteiger partial charge in [-0.1, -0.05) is 5.16 Å². The van der Waals surface area contributed by atoms with E-state index in [9.17, 15) is 18.0 Å². The number of rotatable bonds is 3. The molecule has 9 nitrogen and oxygen atoms in total. The number of piperidine rings is 1. The maximum absolute atomic E-state index is 12.7. The predicted octanol–water partition coefficient (Wildman–Crippen LogP) is 0.423. The fourth-order valence-electron chi connectivity index (χ4n) is 3.03. The second kappa shape index (κ2) is 5.60. The summed E-state index contributed by atoms with van der Waals surface area (Å²) in [6.07, 6.45) is 0.106. The van der Waals surface area contributed by atoms with Crippen molar-refractivity contribution in [2.75, 3.05) is 19.7 Å². The van der Waals surface area contributed by atoms with Gasteiger partial charge in [0.25, 0.3) is 5.91 Å². The largest absolute Gasteiger partial charge is 0.439 e. The number of aromatic nitrogens is 1. The number of hydrogen-bond donors (Lipinski definition) is 0. The first kappa shape index (κ1) is 15.9. The lowest BCUT2D eigenvalue weighted by atomic mass is 10.1. The van der Waals surface area contributed by atoms with Crippen molar-refractivity contribution in [3.63, 3.8) is 0 Å². The van der Waals surface area contributed by atoms with E-state index in [-0.39, 0.29) is 42.3 Å². The molecule has 1 aromatic rings. The molecule has 0 bridgehead atoms. The molecule has 1 aromatic heterocycles. The minimum absolute atomic E-state index is 0.0904. The van der Waals surface area contributed by atoms with E-state index >= 15 is 0 Å². The Labute approximate surface area is 133 Å². The van der Waals surface area contributed by atoms with Crippen molar-refractivity contribution < 1.29 is 27.3 Å². The number of amides is 2. The summed E-state index contributed by atoms with van der Waals surface area (Å²) >= 11 is 0. The van der Waals surface area contributed by atoms with Gasteiger partial charge >= 0.3 is 6.09 Å². The number of nitrogens with zero attached hydrogens (tertiary/aromatic N) is 3. The average Bonchev–Trinajstić information content (AvgIpc) is 3.02. The number of carbonyl (C=O) groups excluding carboxylic acids is 2. The summed E-state index contributed by atoms with van der Waals surface area (Å²) in [5.74, 6) is -0.120. The zero-order valence-corrected chi connectivity index (χ0v) is 13.6. The van der Waals surface area contributed by atoms with E-state index in [1.807, 2.05) is 0 Å². The lowest BCUT2D eigenvalue weighted by molar-refractivity contribution is -0.127. The van der Waals surface area contributed by atoms with Crippen molar-refractivity contribution in [2.24, 2.45) is 0 Å². The topological polar surface area (TPSA) is 110 Å². The maximum Gasteiger partial charge on any atom is 0.417 e. The van der Waals surface area contributed by atoms with Gasteiger partial charge in [-0.2, -0.15) is 4.31 Å². The number of ether oxygens (including phenoxy) is 1. The Hall–Kier alpha value is -1.94. The lowest BCUT2D eigenvalue weighted by Crippen LogP contribution is -2.48. The predicted molar refractivity (Wildman–Crippen MR) is 76.0 cm³/mol. The number of carbonyl (C=O) groups is 2. The molecule has 2 saturated heterocycles. The second-order valence-electron chi connectivity index (χ2n) is 5.61. The fourth-order valence-corrected chi connectivity index (χ4v) is 4.79. The number of hydrogen-bond acceptors (Lipinski definition) is 7. The third-order valence-electron chi connectivity index (χ3n) is 4.14. The molecule has 126 valence electrons. The standard InChI is InChI=1S/C13H17N3O6S/c1-8-12(9(2)22-14-8)23(19,20)15-5-3-10(4-6-15)16-11(17)7-21-13(16)18/h10H,3-7H2,1-2H3. The van der Waals surface area contributed by atoms with Crippen LogP contribution in [0.2, 0.25) is 0 Å². The first-order valence-corrected chi connectivity index (χ1v) is 8.68. The Bertz CT molecular complexity index is 712. The second-order valence-corrected chi connectivity index (χ2v) is 7.48. The molecule has 3 rings (SSSR count). The van der Waals surface area contributed by atoms with E-state index in [2.05, 4.69) is 5.16 Å². The fraction of sp³-hybridized carbons (Fsp3) is 0.615. The van der Waals surface area contributed by atoms with Gasteiger partial charge in [-0.3, -0.25) is 4.79 Å². The highest BCUT2D eigenvalue weighted by Gasteiger charge is 2.41. The summed E-state index contributed by atoms with van der Waals surface area (Å²) in [7, 11) is -3.70. The van der Waals surface area contributed by atoms with Gasteiger partial charge in [0, 0.05) is 19.1 Å². The van der Waals surface area contributed by atoms with E-state index in [0.29, 0.717) is 18.5 Å². The number of sulfonamides is 1. The van der Waals surface area contributed by atoms with Crippen LogP contribution in [0.25, 0.3) is 0 Å². The molecule has 2 fully saturated rings.